The van der Waals surface area contributed by atoms with Crippen LogP contribution in [-0.2, 0) is 18.3 Å². The number of halogens is 3. The molecule has 4 aromatic heterocycles. The Morgan fingerprint density at radius 1 is 1.22 bits per heavy atom. The average Bonchev–Trinajstić information content (AvgIpc) is 3.64. The van der Waals surface area contributed by atoms with E-state index in [9.17, 15) is 28.3 Å². The second-order valence-electron chi connectivity index (χ2n) is 10.3. The van der Waals surface area contributed by atoms with Gasteiger partial charge in [0.15, 0.2) is 0 Å². The first-order chi connectivity index (χ1) is 19.7. The number of nitriles is 1. The van der Waals surface area contributed by atoms with Crippen molar-refractivity contribution in [1.29, 1.82) is 5.26 Å². The number of aliphatic hydroxyl groups is 1. The molecule has 0 saturated carbocycles. The highest BCUT2D eigenvalue weighted by Crippen LogP contribution is 2.37. The first-order valence-corrected chi connectivity index (χ1v) is 13.0. The molecule has 12 nitrogen and oxygen atoms in total. The van der Waals surface area contributed by atoms with Gasteiger partial charge in [0.1, 0.15) is 23.2 Å². The Morgan fingerprint density at radius 2 is 2.00 bits per heavy atom. The molecule has 41 heavy (non-hydrogen) atoms. The highest BCUT2D eigenvalue weighted by atomic mass is 19.4. The molecule has 212 valence electrons. The van der Waals surface area contributed by atoms with Gasteiger partial charge >= 0.3 is 6.18 Å². The Labute approximate surface area is 231 Å². The quantitative estimate of drug-likeness (QED) is 0.358. The number of hydrogen-bond donors (Lipinski definition) is 2. The number of hydrogen-bond acceptors (Lipinski definition) is 9. The summed E-state index contributed by atoms with van der Waals surface area (Å²) in [7, 11) is 0. The van der Waals surface area contributed by atoms with Gasteiger partial charge in [-0.05, 0) is 25.0 Å². The summed E-state index contributed by atoms with van der Waals surface area (Å²) in [4.78, 5) is 35.1. The Hall–Kier alpha value is -4.42. The second kappa shape index (κ2) is 10.2. The number of rotatable bonds is 6. The van der Waals surface area contributed by atoms with Gasteiger partial charge in [-0.3, -0.25) is 14.4 Å². The zero-order chi connectivity index (χ0) is 28.8. The molecule has 2 N–H and O–H groups in total. The number of nitrogens with one attached hydrogen (secondary N) is 1. The van der Waals surface area contributed by atoms with Crippen molar-refractivity contribution in [2.45, 2.75) is 43.6 Å². The molecule has 2 aliphatic heterocycles. The highest BCUT2D eigenvalue weighted by molar-refractivity contribution is 5.92. The molecule has 0 aromatic carbocycles. The summed E-state index contributed by atoms with van der Waals surface area (Å²) in [6.07, 6.45) is 3.61. The topological polar surface area (TPSA) is 153 Å². The molecule has 0 radical (unpaired) electrons. The number of carbonyl (C=O) groups is 1. The van der Waals surface area contributed by atoms with Crippen molar-refractivity contribution in [2.24, 2.45) is 0 Å². The molecule has 0 atom stereocenters. The average molecular weight is 567 g/mol. The lowest BCUT2D eigenvalue weighted by atomic mass is 9.83. The van der Waals surface area contributed by atoms with Crippen LogP contribution in [0.4, 0.5) is 13.2 Å². The molecule has 0 spiro atoms. The third-order valence-corrected chi connectivity index (χ3v) is 7.78. The number of aliphatic hydroxyl groups excluding tert-OH is 1. The summed E-state index contributed by atoms with van der Waals surface area (Å²) >= 11 is 0. The molecule has 6 rings (SSSR count). The molecular weight excluding hydrogens is 541 g/mol. The molecule has 4 aromatic rings. The summed E-state index contributed by atoms with van der Waals surface area (Å²) in [5.74, 6) is -2.07. The maximum atomic E-state index is 13.2. The van der Waals surface area contributed by atoms with E-state index in [2.05, 4.69) is 41.0 Å². The number of likely N-dealkylation sites (tertiary alicyclic amines) is 2. The van der Waals surface area contributed by atoms with E-state index >= 15 is 0 Å². The number of nitrogens with zero attached hydrogens (tertiary/aromatic N) is 9. The Bertz CT molecular complexity index is 1630. The molecular formula is C26H25F3N10O2. The van der Waals surface area contributed by atoms with Gasteiger partial charge in [-0.15, -0.1) is 0 Å². The number of alkyl halides is 3. The third kappa shape index (κ3) is 4.89. The molecule has 1 amide bonds. The number of aromatic nitrogens is 7. The molecule has 6 heterocycles. The van der Waals surface area contributed by atoms with Crippen molar-refractivity contribution in [1.82, 2.24) is 44.5 Å². The van der Waals surface area contributed by atoms with Crippen LogP contribution in [0.25, 0.3) is 22.3 Å². The molecule has 2 aliphatic rings. The SMILES string of the molecule is N#CCC1(n2cc(-c3ncnc4[nH]ccc34)cn2)CN(C2CCN(C(=O)c3cc(CO)nc(C(F)(F)F)n3)CC2)C1. The predicted molar refractivity (Wildman–Crippen MR) is 137 cm³/mol. The monoisotopic (exact) mass is 566 g/mol. The number of aromatic amines is 1. The minimum Gasteiger partial charge on any atom is -0.390 e. The Kier molecular flexibility index (Phi) is 6.66. The molecule has 2 saturated heterocycles. The standard InChI is InChI=1S/C26H25F3N10O2/c27-26(28,29)24-35-17(12-40)9-20(36-24)23(41)37-7-2-18(3-8-37)38-13-25(14-38,4-5-30)39-11-16(10-34-39)21-19-1-6-31-22(19)33-15-32-21/h1,6,9-11,15,18,40H,2-4,7-8,12-14H2,(H,31,32,33). The first-order valence-electron chi connectivity index (χ1n) is 13.0. The van der Waals surface area contributed by atoms with Crippen molar-refractivity contribution in [3.05, 3.63) is 54.3 Å². The van der Waals surface area contributed by atoms with Gasteiger partial charge in [0.25, 0.3) is 5.91 Å². The van der Waals surface area contributed by atoms with Crippen molar-refractivity contribution in [2.75, 3.05) is 26.2 Å². The summed E-state index contributed by atoms with van der Waals surface area (Å²) in [6, 6.07) is 5.43. The van der Waals surface area contributed by atoms with Crippen LogP contribution in [0.1, 0.15) is 41.3 Å². The van der Waals surface area contributed by atoms with E-state index in [-0.39, 0.29) is 23.9 Å². The molecule has 2 fully saturated rings. The lowest BCUT2D eigenvalue weighted by Crippen LogP contribution is -2.66. The fraction of sp³-hybridized carbons (Fsp3) is 0.423. The minimum absolute atomic E-state index is 0.145. The minimum atomic E-state index is -4.83. The molecule has 0 bridgehead atoms. The van der Waals surface area contributed by atoms with Gasteiger partial charge < -0.3 is 15.0 Å². The number of H-pyrrole nitrogens is 1. The molecule has 15 heteroatoms. The van der Waals surface area contributed by atoms with E-state index in [1.165, 1.54) is 11.2 Å². The van der Waals surface area contributed by atoms with Crippen molar-refractivity contribution in [3.63, 3.8) is 0 Å². The number of fused-ring (bicyclic) bond motifs is 1. The summed E-state index contributed by atoms with van der Waals surface area (Å²) in [5, 5.41) is 24.4. The number of carbonyl (C=O) groups excluding carboxylic acids is 1. The fourth-order valence-electron chi connectivity index (χ4n) is 5.67. The van der Waals surface area contributed by atoms with Gasteiger partial charge in [-0.1, -0.05) is 0 Å². The van der Waals surface area contributed by atoms with Gasteiger partial charge in [0.2, 0.25) is 5.82 Å². The maximum absolute atomic E-state index is 13.2. The van der Waals surface area contributed by atoms with Crippen LogP contribution in [0.3, 0.4) is 0 Å². The van der Waals surface area contributed by atoms with Gasteiger partial charge in [-0.2, -0.15) is 23.5 Å². The van der Waals surface area contributed by atoms with Crippen molar-refractivity contribution in [3.8, 4) is 17.3 Å². The smallest absolute Gasteiger partial charge is 0.390 e. The second-order valence-corrected chi connectivity index (χ2v) is 10.3. The highest BCUT2D eigenvalue weighted by Gasteiger charge is 2.48. The zero-order valence-corrected chi connectivity index (χ0v) is 21.7. The largest absolute Gasteiger partial charge is 0.451 e. The van der Waals surface area contributed by atoms with Crippen molar-refractivity contribution < 1.29 is 23.1 Å². The van der Waals surface area contributed by atoms with Crippen LogP contribution in [0.5, 0.6) is 0 Å². The summed E-state index contributed by atoms with van der Waals surface area (Å²) < 4.78 is 41.4. The maximum Gasteiger partial charge on any atom is 0.451 e. The van der Waals surface area contributed by atoms with Crippen LogP contribution >= 0.6 is 0 Å². The van der Waals surface area contributed by atoms with E-state index in [0.717, 1.165) is 28.4 Å². The first kappa shape index (κ1) is 26.8. The van der Waals surface area contributed by atoms with Crippen LogP contribution in [0.15, 0.2) is 37.1 Å². The normalized spacial score (nSPS) is 17.9. The lowest BCUT2D eigenvalue weighted by Gasteiger charge is -2.53. The van der Waals surface area contributed by atoms with Gasteiger partial charge in [0, 0.05) is 55.6 Å². The van der Waals surface area contributed by atoms with Crippen LogP contribution in [0, 0.1) is 11.3 Å². The van der Waals surface area contributed by atoms with E-state index in [4.69, 9.17) is 0 Å². The molecule has 0 aliphatic carbocycles. The van der Waals surface area contributed by atoms with E-state index in [1.54, 1.807) is 12.4 Å². The summed E-state index contributed by atoms with van der Waals surface area (Å²) in [6.45, 7) is 1.16. The van der Waals surface area contributed by atoms with E-state index in [1.807, 2.05) is 16.9 Å². The van der Waals surface area contributed by atoms with Crippen molar-refractivity contribution >= 4 is 16.9 Å². The molecule has 0 unspecified atom stereocenters. The summed E-state index contributed by atoms with van der Waals surface area (Å²) in [5.41, 5.74) is 1.14. The Balaban J connectivity index is 1.12. The van der Waals surface area contributed by atoms with Gasteiger partial charge in [-0.25, -0.2) is 19.9 Å². The van der Waals surface area contributed by atoms with Gasteiger partial charge in [0.05, 0.1) is 36.7 Å². The van der Waals surface area contributed by atoms with Crippen LogP contribution in [0.2, 0.25) is 0 Å². The number of piperidine rings is 1. The van der Waals surface area contributed by atoms with Crippen LogP contribution < -0.4 is 0 Å². The predicted octanol–water partition coefficient (Wildman–Crippen LogP) is 2.35. The van der Waals surface area contributed by atoms with E-state index < -0.39 is 30.1 Å². The Morgan fingerprint density at radius 3 is 2.71 bits per heavy atom. The van der Waals surface area contributed by atoms with Crippen LogP contribution in [-0.4, -0.2) is 87.7 Å². The lowest BCUT2D eigenvalue weighted by molar-refractivity contribution is -0.145. The zero-order valence-electron chi connectivity index (χ0n) is 21.7. The fourth-order valence-corrected chi connectivity index (χ4v) is 5.67. The number of amides is 1. The van der Waals surface area contributed by atoms with E-state index in [0.29, 0.717) is 39.0 Å². The third-order valence-electron chi connectivity index (χ3n) is 7.78.